The number of hydrogen-bond donors (Lipinski definition) is 1. The van der Waals surface area contributed by atoms with Crippen molar-refractivity contribution in [2.45, 2.75) is 18.8 Å². The predicted molar refractivity (Wildman–Crippen MR) is 82.5 cm³/mol. The standard InChI is InChI=1S/C18H21NO/c1-20-17-8-6-14(7-9-17)10-11-19-13-16-12-15-4-2-3-5-18(15)16/h2-9,16,19H,10-13H2,1H3. The fourth-order valence-corrected chi connectivity index (χ4v) is 2.85. The predicted octanol–water partition coefficient (Wildman–Crippen LogP) is 3.17. The topological polar surface area (TPSA) is 21.3 Å². The maximum Gasteiger partial charge on any atom is 0.118 e. The highest BCUT2D eigenvalue weighted by molar-refractivity contribution is 5.40. The van der Waals surface area contributed by atoms with Crippen LogP contribution in [0.3, 0.4) is 0 Å². The molecule has 20 heavy (non-hydrogen) atoms. The molecule has 0 saturated heterocycles. The van der Waals surface area contributed by atoms with Crippen LogP contribution in [0.25, 0.3) is 0 Å². The lowest BCUT2D eigenvalue weighted by atomic mass is 9.77. The van der Waals surface area contributed by atoms with Gasteiger partial charge in [0, 0.05) is 12.5 Å². The van der Waals surface area contributed by atoms with E-state index in [0.717, 1.165) is 25.3 Å². The minimum atomic E-state index is 0.710. The van der Waals surface area contributed by atoms with Crippen molar-refractivity contribution in [2.24, 2.45) is 0 Å². The van der Waals surface area contributed by atoms with Gasteiger partial charge in [0.25, 0.3) is 0 Å². The van der Waals surface area contributed by atoms with Gasteiger partial charge in [-0.25, -0.2) is 0 Å². The second kappa shape index (κ2) is 6.10. The summed E-state index contributed by atoms with van der Waals surface area (Å²) in [5.41, 5.74) is 4.41. The molecule has 2 heteroatoms. The van der Waals surface area contributed by atoms with Crippen molar-refractivity contribution >= 4 is 0 Å². The fourth-order valence-electron chi connectivity index (χ4n) is 2.85. The molecule has 0 bridgehead atoms. The quantitative estimate of drug-likeness (QED) is 0.812. The molecule has 0 aliphatic heterocycles. The first-order chi connectivity index (χ1) is 9.86. The van der Waals surface area contributed by atoms with E-state index in [1.165, 1.54) is 23.1 Å². The molecule has 2 aromatic carbocycles. The molecule has 1 atom stereocenters. The summed E-state index contributed by atoms with van der Waals surface area (Å²) in [6, 6.07) is 17.1. The molecule has 1 N–H and O–H groups in total. The number of hydrogen-bond acceptors (Lipinski definition) is 2. The van der Waals surface area contributed by atoms with Crippen LogP contribution in [0.4, 0.5) is 0 Å². The fraction of sp³-hybridized carbons (Fsp3) is 0.333. The van der Waals surface area contributed by atoms with Gasteiger partial charge in [-0.3, -0.25) is 0 Å². The average Bonchev–Trinajstić information content (AvgIpc) is 2.48. The molecule has 0 heterocycles. The lowest BCUT2D eigenvalue weighted by Gasteiger charge is -2.30. The van der Waals surface area contributed by atoms with Crippen molar-refractivity contribution in [1.82, 2.24) is 5.32 Å². The summed E-state index contributed by atoms with van der Waals surface area (Å²) in [4.78, 5) is 0. The van der Waals surface area contributed by atoms with Crippen molar-refractivity contribution in [3.05, 3.63) is 65.2 Å². The van der Waals surface area contributed by atoms with Gasteiger partial charge in [-0.05, 0) is 48.2 Å². The Bertz CT molecular complexity index is 562. The number of ether oxygens (including phenoxy) is 1. The van der Waals surface area contributed by atoms with Gasteiger partial charge in [-0.2, -0.15) is 0 Å². The van der Waals surface area contributed by atoms with Gasteiger partial charge in [0.05, 0.1) is 7.11 Å². The second-order valence-corrected chi connectivity index (χ2v) is 5.40. The number of rotatable bonds is 6. The van der Waals surface area contributed by atoms with Gasteiger partial charge in [-0.1, -0.05) is 36.4 Å². The van der Waals surface area contributed by atoms with Gasteiger partial charge >= 0.3 is 0 Å². The Morgan fingerprint density at radius 2 is 1.90 bits per heavy atom. The zero-order valence-electron chi connectivity index (χ0n) is 11.9. The number of fused-ring (bicyclic) bond motifs is 1. The van der Waals surface area contributed by atoms with Crippen molar-refractivity contribution < 1.29 is 4.74 Å². The van der Waals surface area contributed by atoms with Gasteiger partial charge in [0.2, 0.25) is 0 Å². The first kappa shape index (κ1) is 13.2. The molecule has 0 spiro atoms. The molecule has 0 fully saturated rings. The van der Waals surface area contributed by atoms with Gasteiger partial charge < -0.3 is 10.1 Å². The Kier molecular flexibility index (Phi) is 4.03. The normalized spacial score (nSPS) is 16.4. The Morgan fingerprint density at radius 3 is 2.65 bits per heavy atom. The minimum Gasteiger partial charge on any atom is -0.497 e. The Hall–Kier alpha value is -1.80. The van der Waals surface area contributed by atoms with E-state index in [4.69, 9.17) is 4.74 Å². The highest BCUT2D eigenvalue weighted by Gasteiger charge is 2.24. The molecule has 0 amide bonds. The lowest BCUT2D eigenvalue weighted by Crippen LogP contribution is -2.30. The van der Waals surface area contributed by atoms with Crippen molar-refractivity contribution in [1.29, 1.82) is 0 Å². The number of benzene rings is 2. The Labute approximate surface area is 120 Å². The third-order valence-electron chi connectivity index (χ3n) is 4.10. The summed E-state index contributed by atoms with van der Waals surface area (Å²) in [6.45, 7) is 2.12. The summed E-state index contributed by atoms with van der Waals surface area (Å²) >= 11 is 0. The van der Waals surface area contributed by atoms with E-state index in [-0.39, 0.29) is 0 Å². The van der Waals surface area contributed by atoms with Crippen LogP contribution in [0.5, 0.6) is 5.75 Å². The Balaban J connectivity index is 1.41. The highest BCUT2D eigenvalue weighted by Crippen LogP contribution is 2.33. The Morgan fingerprint density at radius 1 is 1.10 bits per heavy atom. The molecular weight excluding hydrogens is 246 g/mol. The van der Waals surface area contributed by atoms with E-state index in [1.54, 1.807) is 7.11 Å². The third kappa shape index (κ3) is 2.86. The maximum absolute atomic E-state index is 5.17. The van der Waals surface area contributed by atoms with E-state index in [1.807, 2.05) is 12.1 Å². The van der Waals surface area contributed by atoms with E-state index in [0.29, 0.717) is 5.92 Å². The first-order valence-electron chi connectivity index (χ1n) is 7.28. The number of methoxy groups -OCH3 is 1. The molecule has 0 saturated carbocycles. The zero-order valence-corrected chi connectivity index (χ0v) is 11.9. The van der Waals surface area contributed by atoms with Crippen molar-refractivity contribution in [3.8, 4) is 5.75 Å². The highest BCUT2D eigenvalue weighted by atomic mass is 16.5. The first-order valence-corrected chi connectivity index (χ1v) is 7.28. The van der Waals surface area contributed by atoms with Crippen molar-refractivity contribution in [3.63, 3.8) is 0 Å². The summed E-state index contributed by atoms with van der Waals surface area (Å²) in [5, 5.41) is 3.57. The van der Waals surface area contributed by atoms with E-state index in [2.05, 4.69) is 41.7 Å². The average molecular weight is 267 g/mol. The molecule has 0 radical (unpaired) electrons. The van der Waals surface area contributed by atoms with E-state index >= 15 is 0 Å². The largest absolute Gasteiger partial charge is 0.497 e. The van der Waals surface area contributed by atoms with Gasteiger partial charge in [0.1, 0.15) is 5.75 Å². The van der Waals surface area contributed by atoms with Crippen LogP contribution in [-0.4, -0.2) is 20.2 Å². The maximum atomic E-state index is 5.17. The molecular formula is C18H21NO. The SMILES string of the molecule is COc1ccc(CCNCC2Cc3ccccc32)cc1. The van der Waals surface area contributed by atoms with Gasteiger partial charge in [-0.15, -0.1) is 0 Å². The van der Waals surface area contributed by atoms with Crippen LogP contribution in [-0.2, 0) is 12.8 Å². The van der Waals surface area contributed by atoms with E-state index in [9.17, 15) is 0 Å². The smallest absolute Gasteiger partial charge is 0.118 e. The molecule has 104 valence electrons. The van der Waals surface area contributed by atoms with Crippen molar-refractivity contribution in [2.75, 3.05) is 20.2 Å². The van der Waals surface area contributed by atoms with Crippen LogP contribution in [0.2, 0.25) is 0 Å². The summed E-state index contributed by atoms with van der Waals surface area (Å²) in [5.74, 6) is 1.63. The molecule has 3 rings (SSSR count). The second-order valence-electron chi connectivity index (χ2n) is 5.40. The summed E-state index contributed by atoms with van der Waals surface area (Å²) in [6.07, 6.45) is 2.30. The van der Waals surface area contributed by atoms with Gasteiger partial charge in [0.15, 0.2) is 0 Å². The third-order valence-corrected chi connectivity index (χ3v) is 4.10. The lowest BCUT2D eigenvalue weighted by molar-refractivity contribution is 0.414. The van der Waals surface area contributed by atoms with Crippen LogP contribution in [0.1, 0.15) is 22.6 Å². The molecule has 0 aromatic heterocycles. The van der Waals surface area contributed by atoms with Crippen LogP contribution in [0.15, 0.2) is 48.5 Å². The minimum absolute atomic E-state index is 0.710. The van der Waals surface area contributed by atoms with Crippen LogP contribution >= 0.6 is 0 Å². The molecule has 1 aliphatic rings. The molecule has 2 aromatic rings. The van der Waals surface area contributed by atoms with Crippen LogP contribution in [0, 0.1) is 0 Å². The summed E-state index contributed by atoms with van der Waals surface area (Å²) < 4.78 is 5.17. The van der Waals surface area contributed by atoms with E-state index < -0.39 is 0 Å². The monoisotopic (exact) mass is 267 g/mol. The summed E-state index contributed by atoms with van der Waals surface area (Å²) in [7, 11) is 1.70. The molecule has 1 unspecified atom stereocenters. The number of nitrogens with one attached hydrogen (secondary N) is 1. The molecule has 1 aliphatic carbocycles. The zero-order chi connectivity index (χ0) is 13.8. The molecule has 2 nitrogen and oxygen atoms in total. The van der Waals surface area contributed by atoms with Crippen LogP contribution < -0.4 is 10.1 Å².